The zero-order chi connectivity index (χ0) is 11.8. The number of aliphatic hydroxyl groups excluding tert-OH is 1. The molecule has 1 atom stereocenters. The summed E-state index contributed by atoms with van der Waals surface area (Å²) in [5.74, 6) is 0. The van der Waals surface area contributed by atoms with Crippen molar-refractivity contribution >= 4 is 18.3 Å². The molecule has 0 saturated carbocycles. The molecule has 0 bridgehead atoms. The Morgan fingerprint density at radius 2 is 2.00 bits per heavy atom. The van der Waals surface area contributed by atoms with Gasteiger partial charge in [-0.1, -0.05) is 24.3 Å². The number of aliphatic hydroxyl groups is 1. The van der Waals surface area contributed by atoms with Gasteiger partial charge in [0, 0.05) is 17.5 Å². The third-order valence-corrected chi connectivity index (χ3v) is 1.67. The Morgan fingerprint density at radius 1 is 1.40 bits per heavy atom. The van der Waals surface area contributed by atoms with Gasteiger partial charge >= 0.3 is 0 Å². The molecule has 1 unspecified atom stereocenters. The van der Waals surface area contributed by atoms with Crippen molar-refractivity contribution in [2.45, 2.75) is 6.10 Å². The smallest absolute Gasteiger partial charge is 0.120 e. The first-order valence-corrected chi connectivity index (χ1v) is 4.45. The van der Waals surface area contributed by atoms with Crippen molar-refractivity contribution < 1.29 is 5.11 Å². The number of allylic oxidation sites excluding steroid dienone is 2. The fourth-order valence-electron chi connectivity index (χ4n) is 0.800. The molecule has 0 rings (SSSR count). The van der Waals surface area contributed by atoms with Crippen LogP contribution in [0.2, 0.25) is 0 Å². The van der Waals surface area contributed by atoms with Crippen LogP contribution in [0.3, 0.4) is 0 Å². The van der Waals surface area contributed by atoms with E-state index in [0.717, 1.165) is 0 Å². The van der Waals surface area contributed by atoms with Gasteiger partial charge in [-0.05, 0) is 18.9 Å². The van der Waals surface area contributed by atoms with Crippen LogP contribution in [0.4, 0.5) is 0 Å². The Kier molecular flexibility index (Phi) is 6.17. The van der Waals surface area contributed by atoms with Crippen LogP contribution in [0, 0.1) is 0 Å². The molecule has 82 valence electrons. The van der Waals surface area contributed by atoms with Gasteiger partial charge in [-0.15, -0.1) is 0 Å². The number of hydrogen-bond donors (Lipinski definition) is 3. The molecule has 0 heterocycles. The molecule has 0 aromatic heterocycles. The van der Waals surface area contributed by atoms with E-state index in [4.69, 9.17) is 23.1 Å². The molecule has 5 heteroatoms. The number of rotatable bonds is 5. The normalized spacial score (nSPS) is 16.0. The lowest BCUT2D eigenvalue weighted by Gasteiger charge is -2.10. The second-order valence-electron chi connectivity index (χ2n) is 2.64. The van der Waals surface area contributed by atoms with Crippen molar-refractivity contribution in [1.29, 1.82) is 0 Å². The van der Waals surface area contributed by atoms with E-state index in [9.17, 15) is 5.11 Å². The van der Waals surface area contributed by atoms with Crippen LogP contribution >= 0.6 is 11.6 Å². The highest BCUT2D eigenvalue weighted by molar-refractivity contribution is 6.29. The molecule has 0 aliphatic carbocycles. The van der Waals surface area contributed by atoms with Gasteiger partial charge in [-0.2, -0.15) is 0 Å². The molecule has 15 heavy (non-hydrogen) atoms. The van der Waals surface area contributed by atoms with Crippen LogP contribution < -0.4 is 11.5 Å². The predicted octanol–water partition coefficient (Wildman–Crippen LogP) is 0.999. The summed E-state index contributed by atoms with van der Waals surface area (Å²) in [6, 6.07) is 0. The summed E-state index contributed by atoms with van der Waals surface area (Å²) in [5, 5.41) is 9.77. The fraction of sp³-hybridized carbons (Fsp3) is 0.100. The highest BCUT2D eigenvalue weighted by atomic mass is 35.5. The van der Waals surface area contributed by atoms with E-state index in [0.29, 0.717) is 5.57 Å². The Bertz CT molecular complexity index is 328. The number of aliphatic imine (C=N–C) groups is 1. The largest absolute Gasteiger partial charge is 0.400 e. The Balaban J connectivity index is 4.83. The highest BCUT2D eigenvalue weighted by Crippen LogP contribution is 2.10. The average Bonchev–Trinajstić information content (AvgIpc) is 2.21. The van der Waals surface area contributed by atoms with Crippen molar-refractivity contribution in [3.63, 3.8) is 0 Å². The third kappa shape index (κ3) is 5.05. The maximum absolute atomic E-state index is 9.69. The van der Waals surface area contributed by atoms with E-state index in [1.165, 1.54) is 24.4 Å². The molecule has 0 aliphatic heterocycles. The molecule has 4 nitrogen and oxygen atoms in total. The van der Waals surface area contributed by atoms with Crippen molar-refractivity contribution in [1.82, 2.24) is 0 Å². The molecule has 0 aromatic rings. The van der Waals surface area contributed by atoms with E-state index in [2.05, 4.69) is 18.3 Å². The summed E-state index contributed by atoms with van der Waals surface area (Å²) in [6.07, 6.45) is 4.59. The van der Waals surface area contributed by atoms with Gasteiger partial charge in [0.15, 0.2) is 0 Å². The lowest BCUT2D eigenvalue weighted by molar-refractivity contribution is 0.248. The molecule has 0 aromatic carbocycles. The topological polar surface area (TPSA) is 84.6 Å². The van der Waals surface area contributed by atoms with Crippen molar-refractivity contribution in [3.8, 4) is 0 Å². The van der Waals surface area contributed by atoms with Crippen LogP contribution in [0.25, 0.3) is 0 Å². The van der Waals surface area contributed by atoms with E-state index >= 15 is 0 Å². The molecule has 0 fully saturated rings. The zero-order valence-corrected chi connectivity index (χ0v) is 8.98. The van der Waals surface area contributed by atoms with Gasteiger partial charge in [0.2, 0.25) is 0 Å². The summed E-state index contributed by atoms with van der Waals surface area (Å²) in [7, 11) is 0. The molecule has 0 spiro atoms. The van der Waals surface area contributed by atoms with Crippen molar-refractivity contribution in [2.24, 2.45) is 16.5 Å². The van der Waals surface area contributed by atoms with Crippen LogP contribution in [-0.4, -0.2) is 17.9 Å². The lowest BCUT2D eigenvalue weighted by atomic mass is 10.1. The molecule has 0 amide bonds. The SMILES string of the molecule is C=C/C(=C\N=C)C(O)/C(N)=C/C=C(\N)Cl. The fourth-order valence-corrected chi connectivity index (χ4v) is 0.863. The average molecular weight is 228 g/mol. The second kappa shape index (κ2) is 6.86. The van der Waals surface area contributed by atoms with Crippen LogP contribution in [0.15, 0.2) is 52.4 Å². The minimum atomic E-state index is -1.000. The summed E-state index contributed by atoms with van der Waals surface area (Å²) in [4.78, 5) is 3.51. The molecular formula is C10H14ClN3O. The number of hydrogen-bond acceptors (Lipinski definition) is 4. The maximum Gasteiger partial charge on any atom is 0.120 e. The predicted molar refractivity (Wildman–Crippen MR) is 64.2 cm³/mol. The molecule has 5 N–H and O–H groups in total. The number of nitrogens with zero attached hydrogens (tertiary/aromatic N) is 1. The van der Waals surface area contributed by atoms with Crippen LogP contribution in [0.1, 0.15) is 0 Å². The number of nitrogens with two attached hydrogens (primary N) is 2. The minimum Gasteiger partial charge on any atom is -0.400 e. The first-order chi connectivity index (χ1) is 7.02. The summed E-state index contributed by atoms with van der Waals surface area (Å²) < 4.78 is 0. The van der Waals surface area contributed by atoms with Crippen LogP contribution in [-0.2, 0) is 0 Å². The summed E-state index contributed by atoms with van der Waals surface area (Å²) in [6.45, 7) is 6.78. The van der Waals surface area contributed by atoms with Gasteiger partial charge in [0.1, 0.15) is 6.10 Å². The summed E-state index contributed by atoms with van der Waals surface area (Å²) in [5.41, 5.74) is 11.4. The monoisotopic (exact) mass is 227 g/mol. The first-order valence-electron chi connectivity index (χ1n) is 4.07. The molecule has 0 saturated heterocycles. The molecule has 0 aliphatic rings. The van der Waals surface area contributed by atoms with Gasteiger partial charge in [-0.3, -0.25) is 4.99 Å². The second-order valence-corrected chi connectivity index (χ2v) is 3.07. The van der Waals surface area contributed by atoms with E-state index in [1.54, 1.807) is 0 Å². The van der Waals surface area contributed by atoms with E-state index in [-0.39, 0.29) is 10.9 Å². The molecular weight excluding hydrogens is 214 g/mol. The maximum atomic E-state index is 9.69. The van der Waals surface area contributed by atoms with Gasteiger partial charge in [0.25, 0.3) is 0 Å². The third-order valence-electron chi connectivity index (χ3n) is 1.54. The van der Waals surface area contributed by atoms with Gasteiger partial charge in [0.05, 0.1) is 5.16 Å². The van der Waals surface area contributed by atoms with E-state index in [1.807, 2.05) is 0 Å². The minimum absolute atomic E-state index is 0.0797. The Labute approximate surface area is 93.9 Å². The summed E-state index contributed by atoms with van der Waals surface area (Å²) >= 11 is 5.39. The Hall–Kier alpha value is -1.52. The van der Waals surface area contributed by atoms with Gasteiger partial charge < -0.3 is 16.6 Å². The van der Waals surface area contributed by atoms with Crippen molar-refractivity contribution in [3.05, 3.63) is 47.4 Å². The van der Waals surface area contributed by atoms with Crippen molar-refractivity contribution in [2.75, 3.05) is 0 Å². The first kappa shape index (κ1) is 13.5. The quantitative estimate of drug-likeness (QED) is 0.372. The lowest BCUT2D eigenvalue weighted by Crippen LogP contribution is -2.18. The number of halogens is 1. The molecule has 0 radical (unpaired) electrons. The Morgan fingerprint density at radius 3 is 2.40 bits per heavy atom. The van der Waals surface area contributed by atoms with E-state index < -0.39 is 6.10 Å². The zero-order valence-electron chi connectivity index (χ0n) is 8.23. The highest BCUT2D eigenvalue weighted by Gasteiger charge is 2.09. The van der Waals surface area contributed by atoms with Crippen LogP contribution in [0.5, 0.6) is 0 Å². The van der Waals surface area contributed by atoms with Gasteiger partial charge in [-0.25, -0.2) is 0 Å². The standard InChI is InChI=1S/C10H14ClN3O/c1-3-7(6-14-2)10(15)8(12)4-5-9(11)13/h3-6,10,15H,1-2,12-13H2/b7-6+,8-4-,9-5-.